The maximum atomic E-state index is 13.0. The maximum absolute atomic E-state index is 13.0. The van der Waals surface area contributed by atoms with Crippen molar-refractivity contribution in [3.05, 3.63) is 59.1 Å². The van der Waals surface area contributed by atoms with E-state index in [1.807, 2.05) is 11.8 Å². The molecule has 0 saturated heterocycles. The third-order valence-electron chi connectivity index (χ3n) is 4.58. The molecule has 7 nitrogen and oxygen atoms in total. The Kier molecular flexibility index (Phi) is 5.32. The molecule has 1 N–H and O–H groups in total. The molecule has 4 rings (SSSR count). The first-order valence-corrected chi connectivity index (χ1v) is 11.4. The fraction of sp³-hybridized carbons (Fsp3) is 0.200. The summed E-state index contributed by atoms with van der Waals surface area (Å²) in [5.74, 6) is 0.384. The van der Waals surface area contributed by atoms with Gasteiger partial charge in [-0.1, -0.05) is 6.07 Å². The number of nitrogens with zero attached hydrogens (tertiary/aromatic N) is 3. The highest BCUT2D eigenvalue weighted by Crippen LogP contribution is 2.41. The standard InChI is InChI=1S/C20H17FN4O3S2/c1-13-12-25(17-4-2-14(10-21)8-15(17)11-22)18-5-3-16(9-19(18)28-13)30(26,27)24-20-23-6-7-29-20/h2-9,13H,10,12H2,1H3,(H,23,24). The van der Waals surface area contributed by atoms with Crippen molar-refractivity contribution in [3.8, 4) is 11.8 Å². The van der Waals surface area contributed by atoms with Crippen LogP contribution in [0, 0.1) is 11.3 Å². The molecule has 2 heterocycles. The lowest BCUT2D eigenvalue weighted by Gasteiger charge is -2.35. The Morgan fingerprint density at radius 3 is 2.83 bits per heavy atom. The first-order chi connectivity index (χ1) is 14.4. The van der Waals surface area contributed by atoms with Crippen LogP contribution in [0.5, 0.6) is 5.75 Å². The third-order valence-corrected chi connectivity index (χ3v) is 6.74. The number of nitriles is 1. The monoisotopic (exact) mass is 444 g/mol. The van der Waals surface area contributed by atoms with Crippen molar-refractivity contribution in [2.24, 2.45) is 0 Å². The van der Waals surface area contributed by atoms with Crippen LogP contribution in [0.1, 0.15) is 18.1 Å². The number of fused-ring (bicyclic) bond motifs is 1. The van der Waals surface area contributed by atoms with Gasteiger partial charge in [-0.2, -0.15) is 5.26 Å². The fourth-order valence-corrected chi connectivity index (χ4v) is 5.06. The number of aromatic nitrogens is 1. The first-order valence-electron chi connectivity index (χ1n) is 9.01. The molecule has 0 bridgehead atoms. The van der Waals surface area contributed by atoms with E-state index < -0.39 is 16.7 Å². The molecule has 3 aromatic rings. The molecular weight excluding hydrogens is 427 g/mol. The highest BCUT2D eigenvalue weighted by atomic mass is 32.2. The number of alkyl halides is 1. The van der Waals surface area contributed by atoms with Crippen molar-refractivity contribution < 1.29 is 17.5 Å². The average molecular weight is 445 g/mol. The Balaban J connectivity index is 1.74. The van der Waals surface area contributed by atoms with E-state index in [0.29, 0.717) is 34.8 Å². The summed E-state index contributed by atoms with van der Waals surface area (Å²) in [7, 11) is -3.83. The van der Waals surface area contributed by atoms with E-state index in [0.717, 1.165) is 0 Å². The second-order valence-corrected chi connectivity index (χ2v) is 9.29. The van der Waals surface area contributed by atoms with Crippen LogP contribution < -0.4 is 14.4 Å². The Morgan fingerprint density at radius 1 is 1.33 bits per heavy atom. The number of ether oxygens (including phenoxy) is 1. The van der Waals surface area contributed by atoms with E-state index in [2.05, 4.69) is 15.8 Å². The number of thiazole rings is 1. The molecule has 1 aromatic heterocycles. The summed E-state index contributed by atoms with van der Waals surface area (Å²) in [5.41, 5.74) is 2.01. The molecule has 0 aliphatic carbocycles. The smallest absolute Gasteiger partial charge is 0.263 e. The largest absolute Gasteiger partial charge is 0.487 e. The molecular formula is C20H17FN4O3S2. The van der Waals surface area contributed by atoms with Crippen LogP contribution in [0.2, 0.25) is 0 Å². The van der Waals surface area contributed by atoms with Gasteiger partial charge in [0.05, 0.1) is 28.4 Å². The Hall–Kier alpha value is -3.16. The van der Waals surface area contributed by atoms with E-state index in [9.17, 15) is 18.1 Å². The van der Waals surface area contributed by atoms with Crippen LogP contribution in [-0.2, 0) is 16.7 Å². The van der Waals surface area contributed by atoms with E-state index in [1.54, 1.807) is 23.6 Å². The Labute approximate surface area is 177 Å². The minimum Gasteiger partial charge on any atom is -0.487 e. The summed E-state index contributed by atoms with van der Waals surface area (Å²) in [5, 5.41) is 11.5. The lowest BCUT2D eigenvalue weighted by Crippen LogP contribution is -2.35. The van der Waals surface area contributed by atoms with Crippen molar-refractivity contribution in [3.63, 3.8) is 0 Å². The van der Waals surface area contributed by atoms with E-state index in [4.69, 9.17) is 4.74 Å². The lowest BCUT2D eigenvalue weighted by molar-refractivity contribution is 0.217. The van der Waals surface area contributed by atoms with Gasteiger partial charge in [0.2, 0.25) is 0 Å². The highest BCUT2D eigenvalue weighted by Gasteiger charge is 2.28. The molecule has 154 valence electrons. The van der Waals surface area contributed by atoms with Gasteiger partial charge in [0.25, 0.3) is 10.0 Å². The SMILES string of the molecule is CC1CN(c2ccc(CF)cc2C#N)c2ccc(S(=O)(=O)Nc3nccs3)cc2O1. The summed E-state index contributed by atoms with van der Waals surface area (Å²) >= 11 is 1.18. The molecule has 10 heteroatoms. The third kappa shape index (κ3) is 3.81. The Morgan fingerprint density at radius 2 is 2.13 bits per heavy atom. The van der Waals surface area contributed by atoms with Crippen molar-refractivity contribution in [2.75, 3.05) is 16.2 Å². The summed E-state index contributed by atoms with van der Waals surface area (Å²) in [4.78, 5) is 5.87. The predicted molar refractivity (Wildman–Crippen MR) is 112 cm³/mol. The number of sulfonamides is 1. The fourth-order valence-electron chi connectivity index (χ4n) is 3.26. The molecule has 0 saturated carbocycles. The topological polar surface area (TPSA) is 95.3 Å². The van der Waals surface area contributed by atoms with Crippen LogP contribution in [0.15, 0.2) is 52.9 Å². The number of halogens is 1. The van der Waals surface area contributed by atoms with Crippen LogP contribution in [-0.4, -0.2) is 26.1 Å². The summed E-state index contributed by atoms with van der Waals surface area (Å²) < 4.78 is 46.7. The first kappa shape index (κ1) is 20.1. The zero-order valence-corrected chi connectivity index (χ0v) is 17.5. The minimum atomic E-state index is -3.83. The van der Waals surface area contributed by atoms with Gasteiger partial charge in [0.15, 0.2) is 5.13 Å². The molecule has 1 atom stereocenters. The number of nitrogens with one attached hydrogen (secondary N) is 1. The molecule has 0 amide bonds. The number of benzene rings is 2. The second-order valence-electron chi connectivity index (χ2n) is 6.71. The second kappa shape index (κ2) is 7.93. The molecule has 1 aliphatic heterocycles. The van der Waals surface area contributed by atoms with Crippen LogP contribution in [0.25, 0.3) is 0 Å². The molecule has 2 aromatic carbocycles. The van der Waals surface area contributed by atoms with Crippen LogP contribution >= 0.6 is 11.3 Å². The molecule has 0 radical (unpaired) electrons. The summed E-state index contributed by atoms with van der Waals surface area (Å²) in [6.45, 7) is 1.66. The van der Waals surface area contributed by atoms with Crippen molar-refractivity contribution in [1.82, 2.24) is 4.98 Å². The van der Waals surface area contributed by atoms with Gasteiger partial charge in [0, 0.05) is 17.6 Å². The van der Waals surface area contributed by atoms with Crippen LogP contribution in [0.4, 0.5) is 20.9 Å². The van der Waals surface area contributed by atoms with E-state index >= 15 is 0 Å². The molecule has 1 aliphatic rings. The normalized spacial score (nSPS) is 15.8. The van der Waals surface area contributed by atoms with Crippen molar-refractivity contribution >= 4 is 37.9 Å². The minimum absolute atomic E-state index is 0.0405. The van der Waals surface area contributed by atoms with Gasteiger partial charge in [-0.25, -0.2) is 17.8 Å². The molecule has 0 spiro atoms. The number of anilines is 3. The number of hydrogen-bond donors (Lipinski definition) is 1. The van der Waals surface area contributed by atoms with E-state index in [1.165, 1.54) is 35.7 Å². The van der Waals surface area contributed by atoms with Gasteiger partial charge in [-0.05, 0) is 36.8 Å². The number of rotatable bonds is 5. The maximum Gasteiger partial charge on any atom is 0.263 e. The van der Waals surface area contributed by atoms with Crippen LogP contribution in [0.3, 0.4) is 0 Å². The zero-order valence-electron chi connectivity index (χ0n) is 15.9. The van der Waals surface area contributed by atoms with E-state index in [-0.39, 0.29) is 16.1 Å². The summed E-state index contributed by atoms with van der Waals surface area (Å²) in [6.07, 6.45) is 1.26. The van der Waals surface area contributed by atoms with Gasteiger partial charge >= 0.3 is 0 Å². The number of hydrogen-bond acceptors (Lipinski definition) is 7. The van der Waals surface area contributed by atoms with Crippen molar-refractivity contribution in [1.29, 1.82) is 5.26 Å². The highest BCUT2D eigenvalue weighted by molar-refractivity contribution is 7.93. The van der Waals surface area contributed by atoms with Gasteiger partial charge in [-0.3, -0.25) is 4.72 Å². The quantitative estimate of drug-likeness (QED) is 0.634. The molecule has 0 fully saturated rings. The predicted octanol–water partition coefficient (Wildman–Crippen LogP) is 4.20. The average Bonchev–Trinajstić information content (AvgIpc) is 3.24. The van der Waals surface area contributed by atoms with Gasteiger partial charge in [-0.15, -0.1) is 11.3 Å². The Bertz CT molecular complexity index is 1220. The van der Waals surface area contributed by atoms with Gasteiger partial charge < -0.3 is 9.64 Å². The molecule has 30 heavy (non-hydrogen) atoms. The lowest BCUT2D eigenvalue weighted by atomic mass is 10.1. The van der Waals surface area contributed by atoms with Gasteiger partial charge in [0.1, 0.15) is 24.6 Å². The summed E-state index contributed by atoms with van der Waals surface area (Å²) in [6, 6.07) is 11.5. The molecule has 1 unspecified atom stereocenters. The zero-order chi connectivity index (χ0) is 21.3. The van der Waals surface area contributed by atoms with Crippen molar-refractivity contribution in [2.45, 2.75) is 24.6 Å².